The van der Waals surface area contributed by atoms with Crippen LogP contribution in [0.3, 0.4) is 0 Å². The summed E-state index contributed by atoms with van der Waals surface area (Å²) in [5, 5.41) is 0. The summed E-state index contributed by atoms with van der Waals surface area (Å²) in [4.78, 5) is 25.6. The molecule has 0 aliphatic rings. The van der Waals surface area contributed by atoms with Crippen LogP contribution in [-0.4, -0.2) is 23.1 Å². The summed E-state index contributed by atoms with van der Waals surface area (Å²) in [6.07, 6.45) is 0. The van der Waals surface area contributed by atoms with Crippen molar-refractivity contribution in [1.82, 2.24) is 0 Å². The minimum atomic E-state index is -5.39. The molecule has 0 rings (SSSR count). The summed E-state index contributed by atoms with van der Waals surface area (Å²) < 4.78 is 8.55. The summed E-state index contributed by atoms with van der Waals surface area (Å²) in [6, 6.07) is 0. The average Bonchev–Trinajstić information content (AvgIpc) is 0.722. The predicted molar refractivity (Wildman–Crippen MR) is 13.4 cm³/mol. The number of rotatable bonds is 0. The second-order valence-corrected chi connectivity index (χ2v) is 1.34. The first kappa shape index (κ1) is 15.8. The Morgan fingerprint density at radius 1 is 1.14 bits per heavy atom. The maximum Gasteiger partial charge on any atom is 2.00 e. The van der Waals surface area contributed by atoms with Gasteiger partial charge in [-0.3, -0.25) is 0 Å². The van der Waals surface area contributed by atoms with E-state index in [1.807, 2.05) is 0 Å². The van der Waals surface area contributed by atoms with Crippen molar-refractivity contribution in [2.45, 2.75) is 0 Å². The van der Waals surface area contributed by atoms with E-state index in [1.54, 1.807) is 0 Å². The third-order valence-electron chi connectivity index (χ3n) is 0. The van der Waals surface area contributed by atoms with E-state index in [-0.39, 0.29) is 40.1 Å². The van der Waals surface area contributed by atoms with Crippen LogP contribution >= 0.6 is 7.82 Å². The van der Waals surface area contributed by atoms with Gasteiger partial charge < -0.3 is 19.2 Å². The second-order valence-electron chi connectivity index (χ2n) is 0.447. The van der Waals surface area contributed by atoms with Gasteiger partial charge in [-0.2, -0.15) is 7.82 Å². The van der Waals surface area contributed by atoms with Crippen molar-refractivity contribution in [3.05, 3.63) is 0 Å². The summed E-state index contributed by atoms with van der Waals surface area (Å²) in [5.41, 5.74) is 0. The smallest absolute Gasteiger partial charge is 0.822 e. The van der Waals surface area contributed by atoms with Gasteiger partial charge in [-0.05, 0) is 0 Å². The predicted octanol–water partition coefficient (Wildman–Crippen LogP) is -3.21. The molecule has 0 unspecified atom stereocenters. The Kier molecular flexibility index (Phi) is 12.5. The van der Waals surface area contributed by atoms with Gasteiger partial charge in [0.05, 0.1) is 0 Å². The molecule has 0 aromatic carbocycles. The molecule has 0 aromatic rings. The molecule has 0 atom stereocenters. The molecule has 0 aromatic heterocycles. The van der Waals surface area contributed by atoms with E-state index in [9.17, 15) is 0 Å². The third-order valence-corrected chi connectivity index (χ3v) is 0. The maximum atomic E-state index is 8.55. The Labute approximate surface area is 67.2 Å². The molecule has 0 aliphatic carbocycles. The van der Waals surface area contributed by atoms with Crippen LogP contribution in [0.15, 0.2) is 0 Å². The van der Waals surface area contributed by atoms with Crippen molar-refractivity contribution in [2.75, 3.05) is 0 Å². The molecule has 0 radical (unpaired) electrons. The molecule has 0 saturated carbocycles. The van der Waals surface area contributed by atoms with Crippen LogP contribution in [0.4, 0.5) is 0 Å². The number of hydrogen-bond acceptors (Lipinski definition) is 4. The average molecular weight is 175 g/mol. The summed E-state index contributed by atoms with van der Waals surface area (Å²) in [7, 11) is -5.39. The van der Waals surface area contributed by atoms with Crippen LogP contribution < -0.4 is 14.7 Å². The molecule has 0 fully saturated rings. The van der Waals surface area contributed by atoms with E-state index >= 15 is 0 Å². The van der Waals surface area contributed by atoms with Crippen LogP contribution in [0.1, 0.15) is 0 Å². The van der Waals surface area contributed by atoms with Gasteiger partial charge in [-0.15, -0.1) is 0 Å². The largest absolute Gasteiger partial charge is 2.00 e. The molecular formula is FeMgO4P+. The van der Waals surface area contributed by atoms with Gasteiger partial charge in [0.25, 0.3) is 0 Å². The topological polar surface area (TPSA) is 86.2 Å². The Morgan fingerprint density at radius 3 is 1.14 bits per heavy atom. The van der Waals surface area contributed by atoms with Gasteiger partial charge in [0.15, 0.2) is 0 Å². The van der Waals surface area contributed by atoms with E-state index < -0.39 is 7.82 Å². The Balaban J connectivity index is -0.0000000800. The molecule has 0 bridgehead atoms. The summed E-state index contributed by atoms with van der Waals surface area (Å²) in [5.74, 6) is 0. The van der Waals surface area contributed by atoms with Gasteiger partial charge >= 0.3 is 40.1 Å². The first-order valence-electron chi connectivity index (χ1n) is 0.730. The Hall–Kier alpha value is 1.40. The van der Waals surface area contributed by atoms with Gasteiger partial charge in [-0.25, -0.2) is 0 Å². The van der Waals surface area contributed by atoms with Gasteiger partial charge in [0.1, 0.15) is 0 Å². The molecule has 38 valence electrons. The molecule has 0 spiro atoms. The third kappa shape index (κ3) is 111. The van der Waals surface area contributed by atoms with Crippen molar-refractivity contribution in [3.63, 3.8) is 0 Å². The fourth-order valence-corrected chi connectivity index (χ4v) is 0. The van der Waals surface area contributed by atoms with Crippen molar-refractivity contribution in [2.24, 2.45) is 0 Å². The van der Waals surface area contributed by atoms with Gasteiger partial charge in [0, 0.05) is 0 Å². The van der Waals surface area contributed by atoms with Crippen LogP contribution in [0.25, 0.3) is 0 Å². The van der Waals surface area contributed by atoms with Crippen LogP contribution in [0, 0.1) is 0 Å². The van der Waals surface area contributed by atoms with E-state index in [0.717, 1.165) is 0 Å². The van der Waals surface area contributed by atoms with Crippen molar-refractivity contribution >= 4 is 30.9 Å². The van der Waals surface area contributed by atoms with Crippen molar-refractivity contribution < 1.29 is 36.3 Å². The first-order valence-corrected chi connectivity index (χ1v) is 2.19. The van der Waals surface area contributed by atoms with Crippen molar-refractivity contribution in [3.8, 4) is 0 Å². The van der Waals surface area contributed by atoms with E-state index in [0.29, 0.717) is 0 Å². The quantitative estimate of drug-likeness (QED) is 0.286. The summed E-state index contributed by atoms with van der Waals surface area (Å²) >= 11 is 0. The van der Waals surface area contributed by atoms with Crippen LogP contribution in [0.2, 0.25) is 0 Å². The van der Waals surface area contributed by atoms with Crippen LogP contribution in [0.5, 0.6) is 0 Å². The van der Waals surface area contributed by atoms with E-state index in [4.69, 9.17) is 19.2 Å². The van der Waals surface area contributed by atoms with Gasteiger partial charge in [0.2, 0.25) is 0 Å². The molecular weight excluding hydrogens is 175 g/mol. The standard InChI is InChI=1S/Fe.Mg.H3O4P/c;;1-5(2,3)4/h;;(H3,1,2,3,4)/q2*+2;/p-3. The zero-order valence-corrected chi connectivity index (χ0v) is 6.55. The molecule has 4 nitrogen and oxygen atoms in total. The molecule has 0 amide bonds. The minimum absolute atomic E-state index is 0. The first-order chi connectivity index (χ1) is 2.00. The Morgan fingerprint density at radius 2 is 1.14 bits per heavy atom. The molecule has 0 N–H and O–H groups in total. The maximum absolute atomic E-state index is 8.55. The number of phosphoric acid groups is 1. The number of hydrogen-bond donors (Lipinski definition) is 0. The zero-order chi connectivity index (χ0) is 4.50. The fraction of sp³-hybridized carbons (Fsp3) is 0. The van der Waals surface area contributed by atoms with Crippen molar-refractivity contribution in [1.29, 1.82) is 0 Å². The Bertz CT molecular complexity index is 57.8. The fourth-order valence-electron chi connectivity index (χ4n) is 0. The van der Waals surface area contributed by atoms with E-state index in [1.165, 1.54) is 0 Å². The molecule has 0 heterocycles. The van der Waals surface area contributed by atoms with Gasteiger partial charge in [-0.1, -0.05) is 0 Å². The molecule has 7 heteroatoms. The van der Waals surface area contributed by atoms with Crippen LogP contribution in [-0.2, 0) is 21.6 Å². The zero-order valence-electron chi connectivity index (χ0n) is 3.14. The summed E-state index contributed by atoms with van der Waals surface area (Å²) in [6.45, 7) is 0. The molecule has 0 saturated heterocycles. The van der Waals surface area contributed by atoms with E-state index in [2.05, 4.69) is 0 Å². The minimum Gasteiger partial charge on any atom is -0.822 e. The molecule has 0 aliphatic heterocycles. The molecule has 7 heavy (non-hydrogen) atoms. The normalized spacial score (nSPS) is 8.43. The second kappa shape index (κ2) is 5.53. The monoisotopic (exact) mass is 175 g/mol. The SMILES string of the molecule is O=P([O-])([O-])[O-].[Fe+2].[Mg+2].